The summed E-state index contributed by atoms with van der Waals surface area (Å²) in [7, 11) is 2.02. The zero-order chi connectivity index (χ0) is 25.6. The van der Waals surface area contributed by atoms with Gasteiger partial charge in [0.25, 0.3) is 5.91 Å². The second kappa shape index (κ2) is 9.95. The number of ether oxygens (including phenoxy) is 1. The van der Waals surface area contributed by atoms with E-state index < -0.39 is 5.82 Å². The SMILES string of the molecule is Cc1nc2c3c(nn2c(C)c1Cl)CN(C(=O)c1ccc(F)cc1OC1CCC(N(C)CCO)CC1)C3. The van der Waals surface area contributed by atoms with E-state index >= 15 is 0 Å². The molecule has 5 rings (SSSR count). The van der Waals surface area contributed by atoms with E-state index in [1.54, 1.807) is 9.42 Å². The van der Waals surface area contributed by atoms with Crippen molar-refractivity contribution >= 4 is 23.2 Å². The zero-order valence-corrected chi connectivity index (χ0v) is 21.6. The minimum atomic E-state index is -0.438. The van der Waals surface area contributed by atoms with Crippen molar-refractivity contribution in [1.29, 1.82) is 0 Å². The van der Waals surface area contributed by atoms with Crippen LogP contribution in [0.3, 0.4) is 0 Å². The Kier molecular flexibility index (Phi) is 6.89. The van der Waals surface area contributed by atoms with Crippen molar-refractivity contribution in [1.82, 2.24) is 24.4 Å². The molecule has 0 atom stereocenters. The van der Waals surface area contributed by atoms with Gasteiger partial charge in [0.1, 0.15) is 11.6 Å². The summed E-state index contributed by atoms with van der Waals surface area (Å²) in [5.74, 6) is -0.380. The van der Waals surface area contributed by atoms with Gasteiger partial charge in [-0.15, -0.1) is 0 Å². The Morgan fingerprint density at radius 1 is 1.25 bits per heavy atom. The molecule has 1 amide bonds. The second-order valence-electron chi connectivity index (χ2n) is 9.81. The molecule has 0 spiro atoms. The molecule has 0 radical (unpaired) electrons. The minimum Gasteiger partial charge on any atom is -0.489 e. The first-order valence-corrected chi connectivity index (χ1v) is 12.7. The van der Waals surface area contributed by atoms with Crippen LogP contribution in [-0.2, 0) is 13.1 Å². The molecule has 1 aliphatic carbocycles. The standard InChI is InChI=1S/C26H31ClFN5O3/c1-15-24(27)16(2)33-25(29-15)21-13-32(14-22(21)30-33)26(35)20-9-4-17(28)12-23(20)36-19-7-5-18(6-8-19)31(3)10-11-34/h4,9,12,18-19,34H,5-8,10-11,13-14H2,1-3H3. The first-order chi connectivity index (χ1) is 17.3. The van der Waals surface area contributed by atoms with Crippen molar-refractivity contribution in [2.24, 2.45) is 0 Å². The summed E-state index contributed by atoms with van der Waals surface area (Å²) in [4.78, 5) is 22.0. The molecule has 3 aromatic rings. The number of rotatable bonds is 6. The Labute approximate surface area is 214 Å². The van der Waals surface area contributed by atoms with E-state index in [1.807, 2.05) is 20.9 Å². The highest BCUT2D eigenvalue weighted by atomic mass is 35.5. The fourth-order valence-corrected chi connectivity index (χ4v) is 5.44. The summed E-state index contributed by atoms with van der Waals surface area (Å²) in [5.41, 5.74) is 4.29. The van der Waals surface area contributed by atoms with Crippen LogP contribution in [0.5, 0.6) is 5.75 Å². The number of fused-ring (bicyclic) bond motifs is 3. The monoisotopic (exact) mass is 515 g/mol. The van der Waals surface area contributed by atoms with Crippen molar-refractivity contribution in [3.63, 3.8) is 0 Å². The number of likely N-dealkylation sites (N-methyl/N-ethyl adjacent to an activating group) is 1. The van der Waals surface area contributed by atoms with Gasteiger partial charge in [-0.1, -0.05) is 11.6 Å². The Morgan fingerprint density at radius 3 is 2.72 bits per heavy atom. The molecule has 0 saturated heterocycles. The molecule has 192 valence electrons. The third-order valence-electron chi connectivity index (χ3n) is 7.43. The molecule has 0 unspecified atom stereocenters. The fourth-order valence-electron chi connectivity index (χ4n) is 5.32. The number of nitrogens with zero attached hydrogens (tertiary/aromatic N) is 5. The highest BCUT2D eigenvalue weighted by molar-refractivity contribution is 6.31. The number of aliphatic hydroxyl groups is 1. The largest absolute Gasteiger partial charge is 0.489 e. The molecule has 8 nitrogen and oxygen atoms in total. The summed E-state index contributed by atoms with van der Waals surface area (Å²) in [6.45, 7) is 5.24. The average molecular weight is 516 g/mol. The summed E-state index contributed by atoms with van der Waals surface area (Å²) >= 11 is 6.34. The normalized spacial score (nSPS) is 19.8. The Bertz CT molecular complexity index is 1300. The number of carbonyl (C=O) groups is 1. The van der Waals surface area contributed by atoms with Gasteiger partial charge in [0.2, 0.25) is 0 Å². The second-order valence-corrected chi connectivity index (χ2v) is 10.2. The number of hydrogen-bond donors (Lipinski definition) is 1. The number of hydrogen-bond acceptors (Lipinski definition) is 6. The van der Waals surface area contributed by atoms with E-state index in [-0.39, 0.29) is 24.4 Å². The predicted octanol–water partition coefficient (Wildman–Crippen LogP) is 3.91. The number of aliphatic hydroxyl groups excluding tert-OH is 1. The lowest BCUT2D eigenvalue weighted by molar-refractivity contribution is 0.0724. The molecule has 2 aliphatic rings. The van der Waals surface area contributed by atoms with Crippen LogP contribution in [0.2, 0.25) is 5.02 Å². The van der Waals surface area contributed by atoms with Gasteiger partial charge in [0.15, 0.2) is 5.65 Å². The van der Waals surface area contributed by atoms with Crippen LogP contribution >= 0.6 is 11.6 Å². The zero-order valence-electron chi connectivity index (χ0n) is 20.8. The third-order valence-corrected chi connectivity index (χ3v) is 7.98. The molecule has 3 heterocycles. The van der Waals surface area contributed by atoms with Gasteiger partial charge < -0.3 is 19.6 Å². The van der Waals surface area contributed by atoms with Gasteiger partial charge in [-0.2, -0.15) is 5.10 Å². The van der Waals surface area contributed by atoms with Crippen molar-refractivity contribution in [3.8, 4) is 5.75 Å². The number of benzene rings is 1. The van der Waals surface area contributed by atoms with E-state index in [1.165, 1.54) is 18.2 Å². The van der Waals surface area contributed by atoms with Gasteiger partial charge in [-0.25, -0.2) is 13.9 Å². The Morgan fingerprint density at radius 2 is 2.00 bits per heavy atom. The lowest BCUT2D eigenvalue weighted by Gasteiger charge is -2.34. The van der Waals surface area contributed by atoms with Gasteiger partial charge in [-0.3, -0.25) is 4.79 Å². The molecule has 1 aliphatic heterocycles. The maximum Gasteiger partial charge on any atom is 0.258 e. The topological polar surface area (TPSA) is 83.2 Å². The summed E-state index contributed by atoms with van der Waals surface area (Å²) in [5, 5.41) is 14.4. The van der Waals surface area contributed by atoms with Crippen LogP contribution in [0.4, 0.5) is 4.39 Å². The van der Waals surface area contributed by atoms with Gasteiger partial charge in [-0.05, 0) is 58.7 Å². The van der Waals surface area contributed by atoms with Crippen LogP contribution in [0.1, 0.15) is 58.7 Å². The highest BCUT2D eigenvalue weighted by Crippen LogP contribution is 2.33. The quantitative estimate of drug-likeness (QED) is 0.536. The molecule has 2 aromatic heterocycles. The van der Waals surface area contributed by atoms with Crippen molar-refractivity contribution in [3.05, 3.63) is 57.2 Å². The van der Waals surface area contributed by atoms with Crippen LogP contribution in [0.15, 0.2) is 18.2 Å². The van der Waals surface area contributed by atoms with E-state index in [4.69, 9.17) is 16.3 Å². The first kappa shape index (κ1) is 24.9. The number of amides is 1. The van der Waals surface area contributed by atoms with Gasteiger partial charge in [0, 0.05) is 24.2 Å². The lowest BCUT2D eigenvalue weighted by Crippen LogP contribution is -2.39. The average Bonchev–Trinajstić information content (AvgIpc) is 3.42. The maximum absolute atomic E-state index is 14.2. The Hall–Kier alpha value is -2.75. The smallest absolute Gasteiger partial charge is 0.258 e. The number of carbonyl (C=O) groups excluding carboxylic acids is 1. The predicted molar refractivity (Wildman–Crippen MR) is 134 cm³/mol. The number of halogens is 2. The van der Waals surface area contributed by atoms with Gasteiger partial charge in [0.05, 0.1) is 53.5 Å². The third kappa shape index (κ3) is 4.55. The maximum atomic E-state index is 14.2. The molecule has 10 heteroatoms. The molecular formula is C26H31ClFN5O3. The summed E-state index contributed by atoms with van der Waals surface area (Å²) in [6, 6.07) is 4.50. The van der Waals surface area contributed by atoms with E-state index in [9.17, 15) is 14.3 Å². The summed E-state index contributed by atoms with van der Waals surface area (Å²) < 4.78 is 22.1. The number of aromatic nitrogens is 3. The van der Waals surface area contributed by atoms with Gasteiger partial charge >= 0.3 is 0 Å². The van der Waals surface area contributed by atoms with E-state index in [2.05, 4.69) is 15.0 Å². The Balaban J connectivity index is 1.32. The minimum absolute atomic E-state index is 0.0861. The molecule has 1 saturated carbocycles. The molecular weight excluding hydrogens is 485 g/mol. The lowest BCUT2D eigenvalue weighted by atomic mass is 9.92. The van der Waals surface area contributed by atoms with Crippen molar-refractivity contribution in [2.75, 3.05) is 20.2 Å². The molecule has 1 fully saturated rings. The molecule has 36 heavy (non-hydrogen) atoms. The first-order valence-electron chi connectivity index (χ1n) is 12.4. The van der Waals surface area contributed by atoms with Crippen molar-refractivity contribution in [2.45, 2.75) is 64.8 Å². The fraction of sp³-hybridized carbons (Fsp3) is 0.500. The van der Waals surface area contributed by atoms with Crippen LogP contribution < -0.4 is 4.74 Å². The van der Waals surface area contributed by atoms with Crippen LogP contribution in [-0.4, -0.2) is 67.8 Å². The summed E-state index contributed by atoms with van der Waals surface area (Å²) in [6.07, 6.45) is 3.39. The van der Waals surface area contributed by atoms with Crippen LogP contribution in [0, 0.1) is 19.7 Å². The molecule has 0 bridgehead atoms. The molecule has 1 aromatic carbocycles. The van der Waals surface area contributed by atoms with E-state index in [0.717, 1.165) is 48.3 Å². The van der Waals surface area contributed by atoms with Crippen molar-refractivity contribution < 1.29 is 19.0 Å². The highest BCUT2D eigenvalue weighted by Gasteiger charge is 2.32. The molecule has 1 N–H and O–H groups in total. The number of aryl methyl sites for hydroxylation is 2. The van der Waals surface area contributed by atoms with Crippen LogP contribution in [0.25, 0.3) is 5.65 Å². The van der Waals surface area contributed by atoms with E-state index in [0.29, 0.717) is 41.9 Å².